The van der Waals surface area contributed by atoms with Gasteiger partial charge in [-0.15, -0.1) is 0 Å². The summed E-state index contributed by atoms with van der Waals surface area (Å²) in [5, 5.41) is 0. The van der Waals surface area contributed by atoms with Crippen molar-refractivity contribution in [1.29, 1.82) is 0 Å². The van der Waals surface area contributed by atoms with E-state index in [9.17, 15) is 26.4 Å². The molecule has 0 bridgehead atoms. The number of nitrogens with zero attached hydrogens (tertiary/aromatic N) is 1. The molecule has 0 spiro atoms. The van der Waals surface area contributed by atoms with Crippen LogP contribution in [0.2, 0.25) is 0 Å². The fourth-order valence-electron chi connectivity index (χ4n) is 4.79. The molecule has 2 heterocycles. The van der Waals surface area contributed by atoms with Gasteiger partial charge in [-0.2, -0.15) is 13.2 Å². The Morgan fingerprint density at radius 1 is 1.23 bits per heavy atom. The highest BCUT2D eigenvalue weighted by Crippen LogP contribution is 2.40. The van der Waals surface area contributed by atoms with Crippen molar-refractivity contribution in [2.24, 2.45) is 0 Å². The van der Waals surface area contributed by atoms with Gasteiger partial charge in [-0.25, -0.2) is 8.42 Å². The number of sulfonamides is 1. The van der Waals surface area contributed by atoms with E-state index in [4.69, 9.17) is 14.0 Å². The maximum atomic E-state index is 13.7. The van der Waals surface area contributed by atoms with Crippen LogP contribution in [-0.2, 0) is 35.0 Å². The molecule has 4 rings (SSSR count). The van der Waals surface area contributed by atoms with Crippen LogP contribution in [0, 0.1) is 0 Å². The Balaban J connectivity index is 1.69. The number of hydrogen-bond acceptors (Lipinski definition) is 7. The molecule has 0 radical (unpaired) electrons. The van der Waals surface area contributed by atoms with E-state index in [-0.39, 0.29) is 42.5 Å². The first-order valence-electron chi connectivity index (χ1n) is 12.8. The topological polar surface area (TPSA) is 91.4 Å². The zero-order valence-electron chi connectivity index (χ0n) is 22.6. The minimum Gasteiger partial charge on any atom is -0.486 e. The summed E-state index contributed by atoms with van der Waals surface area (Å²) in [5.74, 6) is 1.44. The Labute approximate surface area is 232 Å². The lowest BCUT2D eigenvalue weighted by Gasteiger charge is -2.37. The first-order valence-corrected chi connectivity index (χ1v) is 14.2. The second-order valence-electron chi connectivity index (χ2n) is 10.4. The number of benzene rings is 2. The number of ether oxygens (including phenoxy) is 2. The van der Waals surface area contributed by atoms with Crippen molar-refractivity contribution in [3.8, 4) is 5.75 Å². The van der Waals surface area contributed by atoms with Gasteiger partial charge in [0.1, 0.15) is 11.9 Å². The van der Waals surface area contributed by atoms with E-state index in [1.54, 1.807) is 30.3 Å². The molecule has 2 aliphatic heterocycles. The van der Waals surface area contributed by atoms with Gasteiger partial charge in [-0.05, 0) is 69.5 Å². The molecule has 2 aromatic carbocycles. The highest BCUT2D eigenvalue weighted by atomic mass is 32.2. The summed E-state index contributed by atoms with van der Waals surface area (Å²) in [4.78, 5) is 11.2. The van der Waals surface area contributed by atoms with Gasteiger partial charge in [0.25, 0.3) is 10.0 Å². The first kappa shape index (κ1) is 29.9. The predicted molar refractivity (Wildman–Crippen MR) is 143 cm³/mol. The van der Waals surface area contributed by atoms with E-state index in [0.29, 0.717) is 11.6 Å². The highest BCUT2D eigenvalue weighted by molar-refractivity contribution is 7.92. The molecule has 13 heteroatoms. The first-order chi connectivity index (χ1) is 18.7. The number of methoxy groups -OCH3 is 1. The smallest absolute Gasteiger partial charge is 0.486 e. The molecule has 2 atom stereocenters. The van der Waals surface area contributed by atoms with Crippen molar-refractivity contribution in [3.05, 3.63) is 59.6 Å². The van der Waals surface area contributed by atoms with Crippen LogP contribution in [0.4, 0.5) is 18.9 Å². The van der Waals surface area contributed by atoms with Gasteiger partial charge < -0.3 is 18.8 Å². The van der Waals surface area contributed by atoms with Gasteiger partial charge in [0.15, 0.2) is 0 Å². The molecular formula is C27H31BF3NO7S. The average molecular weight is 581 g/mol. The fourth-order valence-corrected chi connectivity index (χ4v) is 6.33. The quantitative estimate of drug-likeness (QED) is 0.326. The minimum atomic E-state index is -4.72. The van der Waals surface area contributed by atoms with Crippen molar-refractivity contribution >= 4 is 34.9 Å². The third-order valence-electron chi connectivity index (χ3n) is 6.59. The normalized spacial score (nSPS) is 21.2. The number of hydrogen-bond donors (Lipinski definition) is 0. The number of fused-ring (bicyclic) bond motifs is 1. The van der Waals surface area contributed by atoms with Gasteiger partial charge >= 0.3 is 19.3 Å². The van der Waals surface area contributed by atoms with E-state index in [2.05, 4.69) is 4.74 Å². The van der Waals surface area contributed by atoms with Crippen LogP contribution in [0.15, 0.2) is 53.3 Å². The molecule has 40 heavy (non-hydrogen) atoms. The Kier molecular flexibility index (Phi) is 8.58. The van der Waals surface area contributed by atoms with Crippen LogP contribution >= 0.6 is 0 Å². The molecule has 2 aliphatic rings. The maximum absolute atomic E-state index is 13.7. The summed E-state index contributed by atoms with van der Waals surface area (Å²) in [7, 11) is -3.82. The van der Waals surface area contributed by atoms with E-state index in [1.165, 1.54) is 7.11 Å². The molecule has 0 N–H and O–H groups in total. The second-order valence-corrected chi connectivity index (χ2v) is 12.3. The second kappa shape index (κ2) is 11.5. The van der Waals surface area contributed by atoms with E-state index in [0.717, 1.165) is 28.9 Å². The van der Waals surface area contributed by atoms with Crippen molar-refractivity contribution in [2.75, 3.05) is 18.0 Å². The van der Waals surface area contributed by atoms with Crippen molar-refractivity contribution in [3.63, 3.8) is 0 Å². The summed E-state index contributed by atoms with van der Waals surface area (Å²) in [5.41, 5.74) is -0.702. The van der Waals surface area contributed by atoms with Gasteiger partial charge in [0.2, 0.25) is 0 Å². The summed E-state index contributed by atoms with van der Waals surface area (Å²) in [6.45, 7) is 5.68. The van der Waals surface area contributed by atoms with Crippen LogP contribution in [0.1, 0.15) is 51.2 Å². The Morgan fingerprint density at radius 2 is 1.98 bits per heavy atom. The fraction of sp³-hybridized carbons (Fsp3) is 0.444. The molecule has 0 saturated carbocycles. The van der Waals surface area contributed by atoms with E-state index >= 15 is 0 Å². The lowest BCUT2D eigenvalue weighted by atomic mass is 9.82. The number of anilines is 1. The van der Waals surface area contributed by atoms with Crippen LogP contribution in [-0.4, -0.2) is 53.0 Å². The van der Waals surface area contributed by atoms with E-state index in [1.807, 2.05) is 20.8 Å². The van der Waals surface area contributed by atoms with Crippen LogP contribution in [0.5, 0.6) is 5.75 Å². The largest absolute Gasteiger partial charge is 0.486 e. The molecule has 1 saturated heterocycles. The lowest BCUT2D eigenvalue weighted by molar-refractivity contribution is -0.141. The maximum Gasteiger partial charge on any atom is 0.486 e. The number of rotatable bonds is 7. The molecule has 1 unspecified atom stereocenters. The molecule has 1 fully saturated rings. The minimum absolute atomic E-state index is 0.0228. The predicted octanol–water partition coefficient (Wildman–Crippen LogP) is 5.26. The van der Waals surface area contributed by atoms with Crippen molar-refractivity contribution in [2.45, 2.75) is 68.9 Å². The molecule has 2 aromatic rings. The van der Waals surface area contributed by atoms with Crippen LogP contribution in [0.3, 0.4) is 0 Å². The monoisotopic (exact) mass is 581 g/mol. The van der Waals surface area contributed by atoms with Gasteiger partial charge in [-0.3, -0.25) is 9.10 Å². The number of carbonyl (C=O) groups is 1. The zero-order valence-corrected chi connectivity index (χ0v) is 23.4. The van der Waals surface area contributed by atoms with Crippen molar-refractivity contribution in [1.82, 2.24) is 0 Å². The molecule has 216 valence electrons. The Bertz CT molecular complexity index is 1380. The number of esters is 1. The highest BCUT2D eigenvalue weighted by Gasteiger charge is 2.38. The lowest BCUT2D eigenvalue weighted by Crippen LogP contribution is -2.45. The summed E-state index contributed by atoms with van der Waals surface area (Å²) in [6, 6.07) is 8.47. The Hall–Kier alpha value is -3.03. The standard InChI is InChI=1S/C27H31BF3NO7S/c1-18-16-26(2,3)39-28(38-18)13-12-19-8-10-24-23(14-19)32(17-21(37-24)9-11-25(33)36-4)40(34,35)22-7-5-6-20(15-22)27(29,30)31/h5-8,10,12-15,18,21H,9,11,16-17H2,1-4H3/t18?,21-/m0/s1. The summed E-state index contributed by atoms with van der Waals surface area (Å²) < 4.78 is 91.1. The van der Waals surface area contributed by atoms with Gasteiger partial charge in [0.05, 0.1) is 35.4 Å². The number of alkyl halides is 3. The van der Waals surface area contributed by atoms with Gasteiger partial charge in [0, 0.05) is 12.5 Å². The van der Waals surface area contributed by atoms with Crippen molar-refractivity contribution < 1.29 is 45.2 Å². The third-order valence-corrected chi connectivity index (χ3v) is 8.36. The molecular weight excluding hydrogens is 550 g/mol. The third kappa shape index (κ3) is 6.99. The SMILES string of the molecule is COC(=O)CC[C@H]1CN(S(=O)(=O)c2cccc(C(F)(F)F)c2)c2cc(C=CB3OC(C)CC(C)(C)O3)ccc2O1. The zero-order chi connectivity index (χ0) is 29.3. The number of carbonyl (C=O) groups excluding carboxylic acids is 1. The average Bonchev–Trinajstić information content (AvgIpc) is 2.88. The molecule has 0 amide bonds. The molecule has 0 aliphatic carbocycles. The molecule has 8 nitrogen and oxygen atoms in total. The van der Waals surface area contributed by atoms with E-state index < -0.39 is 45.9 Å². The van der Waals surface area contributed by atoms with Crippen LogP contribution in [0.25, 0.3) is 6.08 Å². The van der Waals surface area contributed by atoms with Gasteiger partial charge in [-0.1, -0.05) is 24.2 Å². The Morgan fingerprint density at radius 3 is 2.65 bits per heavy atom. The van der Waals surface area contributed by atoms with Crippen LogP contribution < -0.4 is 9.04 Å². The summed E-state index contributed by atoms with van der Waals surface area (Å²) >= 11 is 0. The number of halogens is 3. The molecule has 0 aromatic heterocycles. The summed E-state index contributed by atoms with van der Waals surface area (Å²) in [6.07, 6.45) is -2.90.